The lowest BCUT2D eigenvalue weighted by Gasteiger charge is -2.36. The number of carbonyl (C=O) groups is 2. The van der Waals surface area contributed by atoms with Gasteiger partial charge in [-0.25, -0.2) is 9.18 Å². The molecule has 3 aromatic rings. The van der Waals surface area contributed by atoms with Crippen LogP contribution < -0.4 is 10.4 Å². The number of carboxylic acid groups (broad SMARTS) is 1. The molecule has 2 aromatic carbocycles. The van der Waals surface area contributed by atoms with Gasteiger partial charge in [0.2, 0.25) is 0 Å². The molecule has 4 rings (SSSR count). The summed E-state index contributed by atoms with van der Waals surface area (Å²) in [4.78, 5) is 38.2. The predicted molar refractivity (Wildman–Crippen MR) is 125 cm³/mol. The molecule has 1 fully saturated rings. The van der Waals surface area contributed by atoms with E-state index in [9.17, 15) is 23.9 Å². The maximum absolute atomic E-state index is 13.5. The topological polar surface area (TPSA) is 97.0 Å². The van der Waals surface area contributed by atoms with Crippen molar-refractivity contribution >= 4 is 34.4 Å². The van der Waals surface area contributed by atoms with Crippen molar-refractivity contribution in [2.75, 3.05) is 13.1 Å². The van der Waals surface area contributed by atoms with Gasteiger partial charge in [0.25, 0.3) is 5.91 Å². The number of hydrogen-bond acceptors (Lipinski definition) is 5. The van der Waals surface area contributed by atoms with Crippen LogP contribution in [0.2, 0.25) is 5.02 Å². The number of hydrogen-bond donors (Lipinski definition) is 1. The number of piperidine rings is 1. The average molecular weight is 488 g/mol. The zero-order chi connectivity index (χ0) is 24.6. The van der Waals surface area contributed by atoms with E-state index in [-0.39, 0.29) is 23.1 Å². The summed E-state index contributed by atoms with van der Waals surface area (Å²) < 4.78 is 24.8. The SMILES string of the molecule is CC(C)(Oc1ccc2c(-c3ccc(F)cc3Cl)cc(=O)oc2c1)C(=O)N1CCC[C@H](C(=O)O)C1. The van der Waals surface area contributed by atoms with Crippen LogP contribution in [0.3, 0.4) is 0 Å². The Morgan fingerprint density at radius 2 is 1.94 bits per heavy atom. The first kappa shape index (κ1) is 23.8. The van der Waals surface area contributed by atoms with Gasteiger partial charge in [-0.15, -0.1) is 0 Å². The molecular weight excluding hydrogens is 465 g/mol. The van der Waals surface area contributed by atoms with Gasteiger partial charge in [0, 0.05) is 41.7 Å². The third kappa shape index (κ3) is 4.77. The van der Waals surface area contributed by atoms with E-state index in [1.807, 2.05) is 0 Å². The second-order valence-corrected chi connectivity index (χ2v) is 9.21. The Bertz CT molecular complexity index is 1330. The summed E-state index contributed by atoms with van der Waals surface area (Å²) in [5, 5.41) is 10.0. The third-order valence-corrected chi connectivity index (χ3v) is 6.20. The number of rotatable bonds is 5. The van der Waals surface area contributed by atoms with Crippen molar-refractivity contribution in [1.82, 2.24) is 4.90 Å². The van der Waals surface area contributed by atoms with Gasteiger partial charge in [-0.2, -0.15) is 0 Å². The van der Waals surface area contributed by atoms with Crippen LogP contribution in [-0.2, 0) is 9.59 Å². The first-order valence-electron chi connectivity index (χ1n) is 10.8. The lowest BCUT2D eigenvalue weighted by atomic mass is 9.96. The number of benzene rings is 2. The van der Waals surface area contributed by atoms with E-state index in [1.165, 1.54) is 35.2 Å². The largest absolute Gasteiger partial charge is 0.481 e. The van der Waals surface area contributed by atoms with E-state index in [1.54, 1.807) is 26.0 Å². The smallest absolute Gasteiger partial charge is 0.336 e. The van der Waals surface area contributed by atoms with Crippen LogP contribution in [0.4, 0.5) is 4.39 Å². The fraction of sp³-hybridized carbons (Fsp3) is 0.320. The number of carboxylic acids is 1. The molecule has 0 saturated carbocycles. The average Bonchev–Trinajstić information content (AvgIpc) is 2.77. The summed E-state index contributed by atoms with van der Waals surface area (Å²) in [5.41, 5.74) is -0.739. The van der Waals surface area contributed by atoms with E-state index in [4.69, 9.17) is 20.8 Å². The van der Waals surface area contributed by atoms with Gasteiger partial charge in [-0.05, 0) is 57.0 Å². The minimum atomic E-state index is -1.29. The fourth-order valence-corrected chi connectivity index (χ4v) is 4.49. The number of nitrogens with zero attached hydrogens (tertiary/aromatic N) is 1. The highest BCUT2D eigenvalue weighted by atomic mass is 35.5. The molecule has 34 heavy (non-hydrogen) atoms. The molecule has 7 nitrogen and oxygen atoms in total. The maximum atomic E-state index is 13.5. The molecule has 0 radical (unpaired) electrons. The standard InChI is InChI=1S/C25H23ClFNO6/c1-25(2,24(32)28-9-3-4-14(13-28)23(30)31)34-16-6-8-18-19(12-22(29)33-21(18)11-16)17-7-5-15(27)10-20(17)26/h5-8,10-12,14H,3-4,9,13H2,1-2H3,(H,30,31)/t14-/m0/s1. The molecule has 0 unspecified atom stereocenters. The maximum Gasteiger partial charge on any atom is 0.336 e. The Hall–Kier alpha value is -3.39. The van der Waals surface area contributed by atoms with Crippen molar-refractivity contribution in [3.8, 4) is 16.9 Å². The van der Waals surface area contributed by atoms with Gasteiger partial charge >= 0.3 is 11.6 Å². The number of ether oxygens (including phenoxy) is 1. The summed E-state index contributed by atoms with van der Waals surface area (Å²) >= 11 is 6.20. The molecule has 9 heteroatoms. The molecule has 1 amide bonds. The molecule has 1 aliphatic heterocycles. The van der Waals surface area contributed by atoms with Crippen LogP contribution in [0.25, 0.3) is 22.1 Å². The lowest BCUT2D eigenvalue weighted by Crippen LogP contribution is -2.52. The van der Waals surface area contributed by atoms with Crippen LogP contribution in [0.15, 0.2) is 51.7 Å². The molecule has 0 spiro atoms. The Morgan fingerprint density at radius 1 is 1.18 bits per heavy atom. The van der Waals surface area contributed by atoms with E-state index >= 15 is 0 Å². The van der Waals surface area contributed by atoms with Crippen molar-refractivity contribution in [2.24, 2.45) is 5.92 Å². The van der Waals surface area contributed by atoms with E-state index < -0.39 is 28.9 Å². The Balaban J connectivity index is 1.63. The zero-order valence-electron chi connectivity index (χ0n) is 18.6. The number of fused-ring (bicyclic) bond motifs is 1. The molecular formula is C25H23ClFNO6. The first-order valence-corrected chi connectivity index (χ1v) is 11.2. The van der Waals surface area contributed by atoms with Crippen LogP contribution in [-0.4, -0.2) is 40.6 Å². The molecule has 1 atom stereocenters. The summed E-state index contributed by atoms with van der Waals surface area (Å²) in [6, 6.07) is 10.00. The quantitative estimate of drug-likeness (QED) is 0.522. The Morgan fingerprint density at radius 3 is 2.65 bits per heavy atom. The summed E-state index contributed by atoms with van der Waals surface area (Å²) in [6.45, 7) is 3.81. The van der Waals surface area contributed by atoms with Crippen LogP contribution in [0.5, 0.6) is 5.75 Å². The van der Waals surface area contributed by atoms with E-state index in [0.717, 1.165) is 0 Å². The van der Waals surface area contributed by atoms with Crippen LogP contribution in [0.1, 0.15) is 26.7 Å². The number of halogens is 2. The van der Waals surface area contributed by atoms with Crippen molar-refractivity contribution in [2.45, 2.75) is 32.3 Å². The lowest BCUT2D eigenvalue weighted by molar-refractivity contribution is -0.151. The van der Waals surface area contributed by atoms with E-state index in [0.29, 0.717) is 41.6 Å². The molecule has 0 bridgehead atoms. The van der Waals surface area contributed by atoms with Gasteiger partial charge < -0.3 is 19.2 Å². The molecule has 1 aromatic heterocycles. The summed E-state index contributed by atoms with van der Waals surface area (Å²) in [6.07, 6.45) is 1.14. The molecule has 1 saturated heterocycles. The second kappa shape index (κ2) is 9.10. The highest BCUT2D eigenvalue weighted by molar-refractivity contribution is 6.33. The minimum absolute atomic E-state index is 0.134. The van der Waals surface area contributed by atoms with Gasteiger partial charge in [0.15, 0.2) is 5.60 Å². The van der Waals surface area contributed by atoms with Gasteiger partial charge in [0.1, 0.15) is 17.1 Å². The normalized spacial score (nSPS) is 16.5. The van der Waals surface area contributed by atoms with Crippen molar-refractivity contribution < 1.29 is 28.2 Å². The van der Waals surface area contributed by atoms with Crippen molar-refractivity contribution in [1.29, 1.82) is 0 Å². The number of amides is 1. The van der Waals surface area contributed by atoms with Crippen molar-refractivity contribution in [3.63, 3.8) is 0 Å². The molecule has 1 aliphatic rings. The molecule has 1 N–H and O–H groups in total. The predicted octanol–water partition coefficient (Wildman–Crippen LogP) is 4.73. The second-order valence-electron chi connectivity index (χ2n) is 8.80. The highest BCUT2D eigenvalue weighted by Gasteiger charge is 2.38. The Labute approximate surface area is 199 Å². The first-order chi connectivity index (χ1) is 16.0. The zero-order valence-corrected chi connectivity index (χ0v) is 19.4. The molecule has 2 heterocycles. The Kier molecular flexibility index (Phi) is 6.36. The van der Waals surface area contributed by atoms with Crippen LogP contribution >= 0.6 is 11.6 Å². The monoisotopic (exact) mass is 487 g/mol. The molecule has 0 aliphatic carbocycles. The minimum Gasteiger partial charge on any atom is -0.481 e. The van der Waals surface area contributed by atoms with Gasteiger partial charge in [-0.1, -0.05) is 11.6 Å². The molecule has 178 valence electrons. The highest BCUT2D eigenvalue weighted by Crippen LogP contribution is 2.35. The van der Waals surface area contributed by atoms with Crippen LogP contribution in [0, 0.1) is 11.7 Å². The third-order valence-electron chi connectivity index (χ3n) is 5.88. The fourth-order valence-electron chi connectivity index (χ4n) is 4.22. The van der Waals surface area contributed by atoms with E-state index in [2.05, 4.69) is 0 Å². The van der Waals surface area contributed by atoms with Gasteiger partial charge in [-0.3, -0.25) is 9.59 Å². The number of likely N-dealkylation sites (tertiary alicyclic amines) is 1. The summed E-state index contributed by atoms with van der Waals surface area (Å²) in [7, 11) is 0. The van der Waals surface area contributed by atoms with Gasteiger partial charge in [0.05, 0.1) is 10.9 Å². The summed E-state index contributed by atoms with van der Waals surface area (Å²) in [5.74, 6) is -2.04. The van der Waals surface area contributed by atoms with Crippen molar-refractivity contribution in [3.05, 3.63) is 63.7 Å². The number of aliphatic carboxylic acids is 1. The number of carbonyl (C=O) groups excluding carboxylic acids is 1.